The smallest absolute Gasteiger partial charge is 0.245 e. The van der Waals surface area contributed by atoms with Crippen molar-refractivity contribution < 1.29 is 8.42 Å². The molecule has 0 fully saturated rings. The SMILES string of the molecule is CN(CC#N)S(=O)(=O)c1cncc(Br)c1. The molecular formula is C8H8BrN3O2S. The van der Waals surface area contributed by atoms with Crippen molar-refractivity contribution >= 4 is 26.0 Å². The van der Waals surface area contributed by atoms with Gasteiger partial charge in [0.2, 0.25) is 10.0 Å². The second-order valence-corrected chi connectivity index (χ2v) is 5.72. The summed E-state index contributed by atoms with van der Waals surface area (Å²) in [7, 11) is -2.26. The lowest BCUT2D eigenvalue weighted by Gasteiger charge is -2.12. The molecule has 0 aliphatic carbocycles. The van der Waals surface area contributed by atoms with Gasteiger partial charge in [0.15, 0.2) is 0 Å². The van der Waals surface area contributed by atoms with Gasteiger partial charge in [-0.3, -0.25) is 4.98 Å². The molecule has 7 heteroatoms. The van der Waals surface area contributed by atoms with E-state index in [1.165, 1.54) is 25.5 Å². The summed E-state index contributed by atoms with van der Waals surface area (Å²) >= 11 is 3.13. The van der Waals surface area contributed by atoms with Crippen LogP contribution in [0.4, 0.5) is 0 Å². The van der Waals surface area contributed by atoms with Crippen LogP contribution >= 0.6 is 15.9 Å². The summed E-state index contributed by atoms with van der Waals surface area (Å²) in [6, 6.07) is 3.21. The molecule has 0 N–H and O–H groups in total. The van der Waals surface area contributed by atoms with Crippen molar-refractivity contribution in [1.29, 1.82) is 5.26 Å². The molecule has 1 heterocycles. The fourth-order valence-electron chi connectivity index (χ4n) is 0.898. The van der Waals surface area contributed by atoms with Crippen LogP contribution in [0.3, 0.4) is 0 Å². The van der Waals surface area contributed by atoms with Crippen LogP contribution in [0.15, 0.2) is 27.8 Å². The second kappa shape index (κ2) is 4.70. The van der Waals surface area contributed by atoms with Gasteiger partial charge < -0.3 is 0 Å². The van der Waals surface area contributed by atoms with Crippen LogP contribution in [0.2, 0.25) is 0 Å². The van der Waals surface area contributed by atoms with E-state index in [1.807, 2.05) is 0 Å². The predicted octanol–water partition coefficient (Wildman–Crippen LogP) is 0.988. The van der Waals surface area contributed by atoms with Crippen molar-refractivity contribution in [2.24, 2.45) is 0 Å². The minimum atomic E-state index is -3.61. The summed E-state index contributed by atoms with van der Waals surface area (Å²) in [6.07, 6.45) is 2.73. The molecule has 0 radical (unpaired) electrons. The minimum absolute atomic E-state index is 0.0645. The monoisotopic (exact) mass is 289 g/mol. The molecule has 0 aliphatic rings. The first-order chi connectivity index (χ1) is 6.98. The van der Waals surface area contributed by atoms with Crippen molar-refractivity contribution in [1.82, 2.24) is 9.29 Å². The standard InChI is InChI=1S/C8H8BrN3O2S/c1-12(3-2-10)15(13,14)8-4-7(9)5-11-6-8/h4-6H,3H2,1H3. The Morgan fingerprint density at radius 2 is 2.27 bits per heavy atom. The van der Waals surface area contributed by atoms with E-state index < -0.39 is 10.0 Å². The number of rotatable bonds is 3. The number of nitriles is 1. The van der Waals surface area contributed by atoms with Crippen molar-refractivity contribution in [2.45, 2.75) is 4.90 Å². The normalized spacial score (nSPS) is 11.3. The van der Waals surface area contributed by atoms with E-state index >= 15 is 0 Å². The third-order valence-electron chi connectivity index (χ3n) is 1.68. The lowest BCUT2D eigenvalue weighted by Crippen LogP contribution is -2.27. The topological polar surface area (TPSA) is 74.1 Å². The second-order valence-electron chi connectivity index (χ2n) is 2.76. The van der Waals surface area contributed by atoms with Gasteiger partial charge in [-0.2, -0.15) is 9.57 Å². The molecule has 1 rings (SSSR count). The number of hydrogen-bond donors (Lipinski definition) is 0. The molecule has 0 amide bonds. The highest BCUT2D eigenvalue weighted by Gasteiger charge is 2.20. The van der Waals surface area contributed by atoms with E-state index in [4.69, 9.17) is 5.26 Å². The average Bonchev–Trinajstić information content (AvgIpc) is 2.18. The van der Waals surface area contributed by atoms with Crippen molar-refractivity contribution in [3.63, 3.8) is 0 Å². The minimum Gasteiger partial charge on any atom is -0.262 e. The maximum absolute atomic E-state index is 11.8. The first kappa shape index (κ1) is 12.1. The van der Waals surface area contributed by atoms with Crippen LogP contribution in [0.5, 0.6) is 0 Å². The van der Waals surface area contributed by atoms with Gasteiger partial charge in [-0.25, -0.2) is 8.42 Å². The molecule has 0 aromatic carbocycles. The molecule has 0 bridgehead atoms. The van der Waals surface area contributed by atoms with E-state index in [1.54, 1.807) is 6.07 Å². The van der Waals surface area contributed by atoms with Crippen molar-refractivity contribution in [3.05, 3.63) is 22.9 Å². The van der Waals surface area contributed by atoms with Crippen LogP contribution in [0.25, 0.3) is 0 Å². The number of nitrogens with zero attached hydrogens (tertiary/aromatic N) is 3. The number of pyridine rings is 1. The van der Waals surface area contributed by atoms with Gasteiger partial charge in [-0.1, -0.05) is 0 Å². The van der Waals surface area contributed by atoms with Gasteiger partial charge in [0.05, 0.1) is 6.07 Å². The lowest BCUT2D eigenvalue weighted by atomic mass is 10.5. The van der Waals surface area contributed by atoms with Crippen LogP contribution < -0.4 is 0 Å². The zero-order valence-corrected chi connectivity index (χ0v) is 10.3. The molecule has 0 aliphatic heterocycles. The first-order valence-corrected chi connectivity index (χ1v) is 6.15. The Labute approximate surface area is 96.5 Å². The van der Waals surface area contributed by atoms with Crippen LogP contribution in [0, 0.1) is 11.3 Å². The Hall–Kier alpha value is -0.970. The van der Waals surface area contributed by atoms with Gasteiger partial charge in [-0.05, 0) is 22.0 Å². The number of aromatic nitrogens is 1. The quantitative estimate of drug-likeness (QED) is 0.778. The molecule has 0 saturated heterocycles. The molecule has 1 aromatic rings. The fourth-order valence-corrected chi connectivity index (χ4v) is 2.47. The highest BCUT2D eigenvalue weighted by molar-refractivity contribution is 9.10. The molecule has 5 nitrogen and oxygen atoms in total. The molecule has 15 heavy (non-hydrogen) atoms. The average molecular weight is 290 g/mol. The zero-order chi connectivity index (χ0) is 11.5. The maximum atomic E-state index is 11.8. The van der Waals surface area contributed by atoms with Crippen molar-refractivity contribution in [3.8, 4) is 6.07 Å². The Kier molecular flexibility index (Phi) is 3.79. The molecule has 0 atom stereocenters. The summed E-state index contributed by atoms with van der Waals surface area (Å²) < 4.78 is 25.1. The number of sulfonamides is 1. The molecule has 0 unspecified atom stereocenters. The van der Waals surface area contributed by atoms with E-state index in [0.29, 0.717) is 4.47 Å². The van der Waals surface area contributed by atoms with Gasteiger partial charge in [0.25, 0.3) is 0 Å². The zero-order valence-electron chi connectivity index (χ0n) is 7.88. The number of hydrogen-bond acceptors (Lipinski definition) is 4. The summed E-state index contributed by atoms with van der Waals surface area (Å²) in [6.45, 7) is -0.186. The molecule has 1 aromatic heterocycles. The van der Waals surface area contributed by atoms with Gasteiger partial charge in [0, 0.05) is 23.9 Å². The Morgan fingerprint density at radius 3 is 2.80 bits per heavy atom. The third kappa shape index (κ3) is 2.75. The first-order valence-electron chi connectivity index (χ1n) is 3.92. The predicted molar refractivity (Wildman–Crippen MR) is 57.4 cm³/mol. The van der Waals surface area contributed by atoms with Crippen LogP contribution in [0.1, 0.15) is 0 Å². The van der Waals surface area contributed by atoms with Crippen molar-refractivity contribution in [2.75, 3.05) is 13.6 Å². The molecular weight excluding hydrogens is 282 g/mol. The Bertz CT molecular complexity index is 495. The van der Waals surface area contributed by atoms with Crippen LogP contribution in [-0.4, -0.2) is 31.3 Å². The Balaban J connectivity index is 3.13. The molecule has 0 spiro atoms. The number of halogens is 1. The van der Waals surface area contributed by atoms with Gasteiger partial charge >= 0.3 is 0 Å². The van der Waals surface area contributed by atoms with E-state index in [2.05, 4.69) is 20.9 Å². The Morgan fingerprint density at radius 1 is 1.60 bits per heavy atom. The summed E-state index contributed by atoms with van der Waals surface area (Å²) in [5.74, 6) is 0. The molecule has 0 saturated carbocycles. The van der Waals surface area contributed by atoms with Crippen LogP contribution in [-0.2, 0) is 10.0 Å². The maximum Gasteiger partial charge on any atom is 0.245 e. The third-order valence-corrected chi connectivity index (χ3v) is 3.88. The van der Waals surface area contributed by atoms with Gasteiger partial charge in [0.1, 0.15) is 11.4 Å². The van der Waals surface area contributed by atoms with E-state index in [9.17, 15) is 8.42 Å². The molecule has 80 valence electrons. The summed E-state index contributed by atoms with van der Waals surface area (Å²) in [5.41, 5.74) is 0. The highest BCUT2D eigenvalue weighted by Crippen LogP contribution is 2.17. The lowest BCUT2D eigenvalue weighted by molar-refractivity contribution is 0.501. The summed E-state index contributed by atoms with van der Waals surface area (Å²) in [5, 5.41) is 8.42. The highest BCUT2D eigenvalue weighted by atomic mass is 79.9. The van der Waals surface area contributed by atoms with E-state index in [-0.39, 0.29) is 11.4 Å². The fraction of sp³-hybridized carbons (Fsp3) is 0.250. The van der Waals surface area contributed by atoms with E-state index in [0.717, 1.165) is 4.31 Å². The largest absolute Gasteiger partial charge is 0.262 e. The summed E-state index contributed by atoms with van der Waals surface area (Å²) in [4.78, 5) is 3.82. The van der Waals surface area contributed by atoms with Gasteiger partial charge in [-0.15, -0.1) is 0 Å².